The highest BCUT2D eigenvalue weighted by Gasteiger charge is 2.14. The van der Waals surface area contributed by atoms with Crippen LogP contribution < -0.4 is 4.90 Å². The van der Waals surface area contributed by atoms with E-state index in [4.69, 9.17) is 12.2 Å². The lowest BCUT2D eigenvalue weighted by Crippen LogP contribution is -2.23. The third-order valence-corrected chi connectivity index (χ3v) is 3.13. The van der Waals surface area contributed by atoms with Gasteiger partial charge in [0.25, 0.3) is 0 Å². The largest absolute Gasteiger partial charge is 0.337 e. The zero-order chi connectivity index (χ0) is 13.3. The van der Waals surface area contributed by atoms with Gasteiger partial charge < -0.3 is 9.47 Å². The van der Waals surface area contributed by atoms with Gasteiger partial charge in [0.15, 0.2) is 4.77 Å². The number of anilines is 1. The van der Waals surface area contributed by atoms with E-state index >= 15 is 0 Å². The first-order valence-electron chi connectivity index (χ1n) is 5.85. The first-order chi connectivity index (χ1) is 8.50. The van der Waals surface area contributed by atoms with Crippen molar-refractivity contribution in [1.82, 2.24) is 24.3 Å². The molecule has 0 saturated carbocycles. The van der Waals surface area contributed by atoms with Gasteiger partial charge in [-0.1, -0.05) is 0 Å². The van der Waals surface area contributed by atoms with Crippen LogP contribution in [0.2, 0.25) is 0 Å². The van der Waals surface area contributed by atoms with Crippen molar-refractivity contribution >= 4 is 18.2 Å². The van der Waals surface area contributed by atoms with Gasteiger partial charge in [-0.2, -0.15) is 0 Å². The summed E-state index contributed by atoms with van der Waals surface area (Å²) in [5.74, 6) is 1.82. The van der Waals surface area contributed by atoms with Gasteiger partial charge in [-0.15, -0.1) is 5.10 Å². The summed E-state index contributed by atoms with van der Waals surface area (Å²) in [7, 11) is 3.97. The maximum absolute atomic E-state index is 5.24. The summed E-state index contributed by atoms with van der Waals surface area (Å²) in [4.78, 5) is 6.35. The van der Waals surface area contributed by atoms with Crippen LogP contribution in [-0.2, 0) is 13.6 Å². The standard InChI is InChI=1S/C11H18N6S/c1-8(2)17-10(13-14-11(17)18)16(4)7-9-12-5-6-15(9)3/h5-6,8H,7H2,1-4H3,(H,14,18). The summed E-state index contributed by atoms with van der Waals surface area (Å²) >= 11 is 5.24. The van der Waals surface area contributed by atoms with E-state index in [0.29, 0.717) is 11.3 Å². The molecule has 6 nitrogen and oxygen atoms in total. The molecule has 2 aromatic heterocycles. The second-order valence-corrected chi connectivity index (χ2v) is 4.99. The molecule has 18 heavy (non-hydrogen) atoms. The normalized spacial score (nSPS) is 11.2. The third kappa shape index (κ3) is 2.31. The molecule has 98 valence electrons. The number of hydrogen-bond acceptors (Lipinski definition) is 4. The summed E-state index contributed by atoms with van der Waals surface area (Å²) in [6.45, 7) is 4.86. The number of aromatic nitrogens is 5. The summed E-state index contributed by atoms with van der Waals surface area (Å²) < 4.78 is 4.64. The molecule has 0 aliphatic heterocycles. The smallest absolute Gasteiger partial charge is 0.226 e. The molecule has 1 N–H and O–H groups in total. The van der Waals surface area contributed by atoms with Gasteiger partial charge in [0.1, 0.15) is 5.82 Å². The summed E-state index contributed by atoms with van der Waals surface area (Å²) in [6, 6.07) is 0.273. The second-order valence-electron chi connectivity index (χ2n) is 4.60. The van der Waals surface area contributed by atoms with E-state index in [2.05, 4.69) is 29.0 Å². The van der Waals surface area contributed by atoms with E-state index in [9.17, 15) is 0 Å². The van der Waals surface area contributed by atoms with Crippen molar-refractivity contribution in [2.45, 2.75) is 26.4 Å². The lowest BCUT2D eigenvalue weighted by molar-refractivity contribution is 0.580. The highest BCUT2D eigenvalue weighted by Crippen LogP contribution is 2.17. The van der Waals surface area contributed by atoms with Crippen LogP contribution in [0.4, 0.5) is 5.95 Å². The maximum atomic E-state index is 5.24. The number of nitrogens with zero attached hydrogens (tertiary/aromatic N) is 5. The number of aromatic amines is 1. The van der Waals surface area contributed by atoms with E-state index in [0.717, 1.165) is 11.8 Å². The Morgan fingerprint density at radius 3 is 2.78 bits per heavy atom. The Labute approximate surface area is 111 Å². The van der Waals surface area contributed by atoms with Crippen molar-refractivity contribution in [2.24, 2.45) is 7.05 Å². The quantitative estimate of drug-likeness (QED) is 0.859. The predicted molar refractivity (Wildman–Crippen MR) is 73.1 cm³/mol. The van der Waals surface area contributed by atoms with Crippen LogP contribution >= 0.6 is 12.2 Å². The Morgan fingerprint density at radius 2 is 2.22 bits per heavy atom. The number of imidazole rings is 1. The highest BCUT2D eigenvalue weighted by atomic mass is 32.1. The fraction of sp³-hybridized carbons (Fsp3) is 0.545. The highest BCUT2D eigenvalue weighted by molar-refractivity contribution is 7.71. The summed E-state index contributed by atoms with van der Waals surface area (Å²) in [6.07, 6.45) is 3.73. The molecule has 0 atom stereocenters. The van der Waals surface area contributed by atoms with Crippen molar-refractivity contribution < 1.29 is 0 Å². The SMILES string of the molecule is CC(C)n1c(N(C)Cc2nccn2C)n[nH]c1=S. The first-order valence-corrected chi connectivity index (χ1v) is 6.25. The van der Waals surface area contributed by atoms with Crippen molar-refractivity contribution in [3.63, 3.8) is 0 Å². The molecule has 7 heteroatoms. The van der Waals surface area contributed by atoms with Gasteiger partial charge in [0.2, 0.25) is 5.95 Å². The van der Waals surface area contributed by atoms with Crippen LogP contribution in [0.25, 0.3) is 0 Å². The van der Waals surface area contributed by atoms with Crippen LogP contribution in [0.5, 0.6) is 0 Å². The molecule has 0 amide bonds. The maximum Gasteiger partial charge on any atom is 0.226 e. The van der Waals surface area contributed by atoms with Crippen molar-refractivity contribution in [1.29, 1.82) is 0 Å². The molecule has 0 radical (unpaired) electrons. The number of aryl methyl sites for hydroxylation is 1. The van der Waals surface area contributed by atoms with E-state index in [1.807, 2.05) is 34.3 Å². The van der Waals surface area contributed by atoms with Gasteiger partial charge in [-0.3, -0.25) is 4.57 Å². The lowest BCUT2D eigenvalue weighted by atomic mass is 10.4. The minimum absolute atomic E-state index is 0.273. The van der Waals surface area contributed by atoms with Crippen LogP contribution in [0.15, 0.2) is 12.4 Å². The number of rotatable bonds is 4. The molecule has 0 aliphatic carbocycles. The molecule has 2 heterocycles. The zero-order valence-corrected chi connectivity index (χ0v) is 11.9. The summed E-state index contributed by atoms with van der Waals surface area (Å²) in [5, 5.41) is 7.12. The van der Waals surface area contributed by atoms with Crippen molar-refractivity contribution in [3.05, 3.63) is 23.0 Å². The van der Waals surface area contributed by atoms with Gasteiger partial charge in [0.05, 0.1) is 6.54 Å². The molecular formula is C11H18N6S. The Morgan fingerprint density at radius 1 is 1.50 bits per heavy atom. The van der Waals surface area contributed by atoms with Crippen LogP contribution in [-0.4, -0.2) is 31.4 Å². The Balaban J connectivity index is 2.27. The molecule has 2 aromatic rings. The van der Waals surface area contributed by atoms with E-state index in [1.54, 1.807) is 6.20 Å². The molecule has 0 unspecified atom stereocenters. The van der Waals surface area contributed by atoms with Gasteiger partial charge in [-0.05, 0) is 26.1 Å². The Hall–Kier alpha value is -1.63. The van der Waals surface area contributed by atoms with E-state index in [1.165, 1.54) is 0 Å². The van der Waals surface area contributed by atoms with Crippen LogP contribution in [0.1, 0.15) is 25.7 Å². The fourth-order valence-corrected chi connectivity index (χ4v) is 2.20. The van der Waals surface area contributed by atoms with Crippen molar-refractivity contribution in [3.8, 4) is 0 Å². The molecule has 0 bridgehead atoms. The number of H-pyrrole nitrogens is 1. The van der Waals surface area contributed by atoms with Crippen LogP contribution in [0.3, 0.4) is 0 Å². The lowest BCUT2D eigenvalue weighted by Gasteiger charge is -2.20. The molecule has 0 fully saturated rings. The molecule has 0 saturated heterocycles. The molecule has 0 aromatic carbocycles. The van der Waals surface area contributed by atoms with Gasteiger partial charge in [-0.25, -0.2) is 10.1 Å². The third-order valence-electron chi connectivity index (χ3n) is 2.84. The monoisotopic (exact) mass is 266 g/mol. The minimum Gasteiger partial charge on any atom is -0.337 e. The van der Waals surface area contributed by atoms with Crippen molar-refractivity contribution in [2.75, 3.05) is 11.9 Å². The predicted octanol–water partition coefficient (Wildman–Crippen LogP) is 1.89. The van der Waals surface area contributed by atoms with Gasteiger partial charge >= 0.3 is 0 Å². The second kappa shape index (κ2) is 4.93. The first kappa shape index (κ1) is 12.8. The van der Waals surface area contributed by atoms with E-state index < -0.39 is 0 Å². The Kier molecular flexibility index (Phi) is 3.51. The average Bonchev–Trinajstić information content (AvgIpc) is 2.86. The van der Waals surface area contributed by atoms with Crippen LogP contribution in [0, 0.1) is 4.77 Å². The van der Waals surface area contributed by atoms with Gasteiger partial charge in [0, 0.05) is 32.5 Å². The number of nitrogens with one attached hydrogen (secondary N) is 1. The number of hydrogen-bond donors (Lipinski definition) is 1. The average molecular weight is 266 g/mol. The Bertz CT molecular complexity index is 578. The fourth-order valence-electron chi connectivity index (χ4n) is 1.86. The minimum atomic E-state index is 0.273. The van der Waals surface area contributed by atoms with E-state index in [-0.39, 0.29) is 6.04 Å². The molecular weight excluding hydrogens is 248 g/mol. The summed E-state index contributed by atoms with van der Waals surface area (Å²) in [5.41, 5.74) is 0. The molecule has 2 rings (SSSR count). The molecule has 0 spiro atoms. The molecule has 0 aliphatic rings. The topological polar surface area (TPSA) is 54.7 Å². The zero-order valence-electron chi connectivity index (χ0n) is 11.1.